The van der Waals surface area contributed by atoms with Crippen molar-refractivity contribution in [3.8, 4) is 0 Å². The molecular weight excluding hydrogens is 310 g/mol. The van der Waals surface area contributed by atoms with Crippen LogP contribution in [0, 0.1) is 5.92 Å². The highest BCUT2D eigenvalue weighted by Gasteiger charge is 2.43. The van der Waals surface area contributed by atoms with E-state index in [1.807, 2.05) is 6.07 Å². The van der Waals surface area contributed by atoms with E-state index >= 15 is 0 Å². The summed E-state index contributed by atoms with van der Waals surface area (Å²) in [5.74, 6) is 0.169. The summed E-state index contributed by atoms with van der Waals surface area (Å²) in [6.07, 6.45) is 7.76. The number of hydrogen-bond donors (Lipinski definition) is 1. The summed E-state index contributed by atoms with van der Waals surface area (Å²) in [5, 5.41) is 3.03. The summed E-state index contributed by atoms with van der Waals surface area (Å²) >= 11 is 1.59. The highest BCUT2D eigenvalue weighted by Crippen LogP contribution is 2.34. The predicted molar refractivity (Wildman–Crippen MR) is 90.8 cm³/mol. The van der Waals surface area contributed by atoms with Crippen molar-refractivity contribution in [2.24, 2.45) is 5.92 Å². The number of nitrogens with one attached hydrogen (secondary N) is 1. The largest absolute Gasteiger partial charge is 0.467 e. The Labute approximate surface area is 141 Å². The normalized spacial score (nSPS) is 27.1. The molecule has 0 spiro atoms. The molecule has 0 saturated heterocycles. The summed E-state index contributed by atoms with van der Waals surface area (Å²) in [6, 6.07) is 2.02. The Balaban J connectivity index is 1.78. The number of hydrogen-bond acceptors (Lipinski definition) is 4. The number of aryl methyl sites for hydroxylation is 2. The summed E-state index contributed by atoms with van der Waals surface area (Å²) in [5.41, 5.74) is 0.471. The molecular formula is C18H25NO3S. The first kappa shape index (κ1) is 16.5. The Morgan fingerprint density at radius 1 is 1.26 bits per heavy atom. The Morgan fingerprint density at radius 2 is 1.96 bits per heavy atom. The molecule has 5 heteroatoms. The summed E-state index contributed by atoms with van der Waals surface area (Å²) in [6.45, 7) is 2.19. The van der Waals surface area contributed by atoms with Crippen LogP contribution in [0.3, 0.4) is 0 Å². The fourth-order valence-corrected chi connectivity index (χ4v) is 4.86. The monoisotopic (exact) mass is 335 g/mol. The molecule has 1 aromatic rings. The first-order chi connectivity index (χ1) is 11.0. The molecule has 0 bridgehead atoms. The zero-order valence-corrected chi connectivity index (χ0v) is 14.8. The van der Waals surface area contributed by atoms with Crippen LogP contribution in [0.1, 0.15) is 65.6 Å². The number of esters is 1. The predicted octanol–water partition coefficient (Wildman–Crippen LogP) is 3.48. The topological polar surface area (TPSA) is 55.4 Å². The fourth-order valence-electron chi connectivity index (χ4n) is 3.71. The van der Waals surface area contributed by atoms with E-state index < -0.39 is 5.54 Å². The number of fused-ring (bicyclic) bond motifs is 1. The third kappa shape index (κ3) is 3.30. The van der Waals surface area contributed by atoms with Gasteiger partial charge in [-0.3, -0.25) is 4.79 Å². The minimum atomic E-state index is -0.844. The quantitative estimate of drug-likeness (QED) is 0.861. The lowest BCUT2D eigenvalue weighted by atomic mass is 9.77. The van der Waals surface area contributed by atoms with Crippen molar-refractivity contribution in [2.75, 3.05) is 7.11 Å². The van der Waals surface area contributed by atoms with Gasteiger partial charge in [0.05, 0.1) is 12.0 Å². The second-order valence-corrected chi connectivity index (χ2v) is 8.11. The van der Waals surface area contributed by atoms with Gasteiger partial charge in [-0.1, -0.05) is 6.92 Å². The molecule has 2 aliphatic rings. The van der Waals surface area contributed by atoms with Crippen LogP contribution >= 0.6 is 11.3 Å². The maximum Gasteiger partial charge on any atom is 0.331 e. The maximum atomic E-state index is 12.7. The fraction of sp³-hybridized carbons (Fsp3) is 0.667. The van der Waals surface area contributed by atoms with Gasteiger partial charge in [0.25, 0.3) is 5.91 Å². The molecule has 0 radical (unpaired) electrons. The van der Waals surface area contributed by atoms with Crippen molar-refractivity contribution < 1.29 is 14.3 Å². The van der Waals surface area contributed by atoms with Crippen molar-refractivity contribution in [2.45, 2.75) is 63.8 Å². The van der Waals surface area contributed by atoms with E-state index in [2.05, 4.69) is 12.2 Å². The molecule has 126 valence electrons. The molecule has 23 heavy (non-hydrogen) atoms. The minimum absolute atomic E-state index is 0.121. The molecule has 1 heterocycles. The molecule has 1 saturated carbocycles. The SMILES string of the molecule is COC(=O)C1(NC(=O)c2cc3c(s2)CCCC3)CCC(C)CC1. The lowest BCUT2D eigenvalue weighted by Gasteiger charge is -2.37. The number of carbonyl (C=O) groups excluding carboxylic acids is 2. The van der Waals surface area contributed by atoms with Gasteiger partial charge < -0.3 is 10.1 Å². The number of methoxy groups -OCH3 is 1. The molecule has 1 amide bonds. The van der Waals surface area contributed by atoms with E-state index in [1.165, 1.54) is 30.4 Å². The van der Waals surface area contributed by atoms with E-state index in [4.69, 9.17) is 4.74 Å². The van der Waals surface area contributed by atoms with Crippen LogP contribution in [-0.2, 0) is 22.4 Å². The summed E-state index contributed by atoms with van der Waals surface area (Å²) < 4.78 is 5.00. The molecule has 4 nitrogen and oxygen atoms in total. The van der Waals surface area contributed by atoms with Crippen molar-refractivity contribution in [3.63, 3.8) is 0 Å². The number of carbonyl (C=O) groups is 2. The van der Waals surface area contributed by atoms with Gasteiger partial charge in [-0.25, -0.2) is 4.79 Å². The van der Waals surface area contributed by atoms with Crippen LogP contribution in [0.4, 0.5) is 0 Å². The molecule has 0 atom stereocenters. The number of amides is 1. The molecule has 3 rings (SSSR count). The average Bonchev–Trinajstić information content (AvgIpc) is 3.00. The number of ether oxygens (including phenoxy) is 1. The van der Waals surface area contributed by atoms with Gasteiger partial charge in [-0.2, -0.15) is 0 Å². The molecule has 1 N–H and O–H groups in total. The van der Waals surface area contributed by atoms with Crippen LogP contribution in [0.2, 0.25) is 0 Å². The van der Waals surface area contributed by atoms with E-state index in [1.54, 1.807) is 11.3 Å². The minimum Gasteiger partial charge on any atom is -0.467 e. The third-order valence-corrected chi connectivity index (χ3v) is 6.51. The lowest BCUT2D eigenvalue weighted by molar-refractivity contribution is -0.150. The second-order valence-electron chi connectivity index (χ2n) is 6.98. The Kier molecular flexibility index (Phi) is 4.76. The zero-order chi connectivity index (χ0) is 16.4. The van der Waals surface area contributed by atoms with Gasteiger partial charge in [0.15, 0.2) is 0 Å². The van der Waals surface area contributed by atoms with Crippen molar-refractivity contribution >= 4 is 23.2 Å². The molecule has 0 unspecified atom stereocenters. The van der Waals surface area contributed by atoms with Gasteiger partial charge in [-0.05, 0) is 68.9 Å². The summed E-state index contributed by atoms with van der Waals surface area (Å²) in [4.78, 5) is 27.1. The van der Waals surface area contributed by atoms with Gasteiger partial charge in [0.1, 0.15) is 5.54 Å². The molecule has 1 aromatic heterocycles. The van der Waals surface area contributed by atoms with E-state index in [-0.39, 0.29) is 11.9 Å². The van der Waals surface area contributed by atoms with Crippen molar-refractivity contribution in [1.29, 1.82) is 0 Å². The van der Waals surface area contributed by atoms with E-state index in [0.29, 0.717) is 18.8 Å². The number of rotatable bonds is 3. The van der Waals surface area contributed by atoms with Gasteiger partial charge >= 0.3 is 5.97 Å². The van der Waals surface area contributed by atoms with Crippen LogP contribution in [0.25, 0.3) is 0 Å². The van der Waals surface area contributed by atoms with Crippen LogP contribution < -0.4 is 5.32 Å². The molecule has 2 aliphatic carbocycles. The van der Waals surface area contributed by atoms with Crippen LogP contribution in [-0.4, -0.2) is 24.5 Å². The lowest BCUT2D eigenvalue weighted by Crippen LogP contribution is -2.56. The Bertz CT molecular complexity index is 576. The maximum absolute atomic E-state index is 12.7. The van der Waals surface area contributed by atoms with Crippen LogP contribution in [0.15, 0.2) is 6.07 Å². The smallest absolute Gasteiger partial charge is 0.331 e. The Morgan fingerprint density at radius 3 is 2.61 bits per heavy atom. The highest BCUT2D eigenvalue weighted by molar-refractivity contribution is 7.14. The zero-order valence-electron chi connectivity index (χ0n) is 13.9. The Hall–Kier alpha value is -1.36. The van der Waals surface area contributed by atoms with Crippen molar-refractivity contribution in [3.05, 3.63) is 21.4 Å². The van der Waals surface area contributed by atoms with Gasteiger partial charge in [0.2, 0.25) is 0 Å². The first-order valence-electron chi connectivity index (χ1n) is 8.56. The van der Waals surface area contributed by atoms with E-state index in [0.717, 1.165) is 30.6 Å². The first-order valence-corrected chi connectivity index (χ1v) is 9.38. The number of thiophene rings is 1. The summed E-state index contributed by atoms with van der Waals surface area (Å²) in [7, 11) is 1.40. The molecule has 0 aromatic carbocycles. The van der Waals surface area contributed by atoms with Crippen LogP contribution in [0.5, 0.6) is 0 Å². The average molecular weight is 335 g/mol. The molecule has 1 fully saturated rings. The highest BCUT2D eigenvalue weighted by atomic mass is 32.1. The van der Waals surface area contributed by atoms with Gasteiger partial charge in [-0.15, -0.1) is 11.3 Å². The second kappa shape index (κ2) is 6.63. The standard InChI is InChI=1S/C18H25NO3S/c1-12-7-9-18(10-8-12,17(21)22-2)19-16(20)15-11-13-5-3-4-6-14(13)23-15/h11-12H,3-10H2,1-2H3,(H,19,20). The van der Waals surface area contributed by atoms with E-state index in [9.17, 15) is 9.59 Å². The van der Waals surface area contributed by atoms with Gasteiger partial charge in [0, 0.05) is 4.88 Å². The van der Waals surface area contributed by atoms with Crippen molar-refractivity contribution in [1.82, 2.24) is 5.32 Å². The third-order valence-electron chi connectivity index (χ3n) is 5.28. The molecule has 0 aliphatic heterocycles.